The van der Waals surface area contributed by atoms with Gasteiger partial charge in [0.15, 0.2) is 11.8 Å². The van der Waals surface area contributed by atoms with Gasteiger partial charge in [0.05, 0.1) is 23.3 Å². The number of aryl methyl sites for hydroxylation is 1. The Morgan fingerprint density at radius 3 is 2.43 bits per heavy atom. The molecule has 2 heterocycles. The Bertz CT molecular complexity index is 1210. The highest BCUT2D eigenvalue weighted by Gasteiger charge is 2.28. The number of esters is 2. The van der Waals surface area contributed by atoms with Crippen LogP contribution in [-0.2, 0) is 9.47 Å². The number of H-pyrrole nitrogens is 2. The molecule has 2 N–H and O–H groups in total. The predicted molar refractivity (Wildman–Crippen MR) is 108 cm³/mol. The minimum Gasteiger partial charge on any atom is -0.462 e. The third-order valence-corrected chi connectivity index (χ3v) is 4.71. The molecule has 0 saturated carbocycles. The van der Waals surface area contributed by atoms with E-state index in [0.29, 0.717) is 16.6 Å². The van der Waals surface area contributed by atoms with E-state index >= 15 is 0 Å². The number of nitrogens with one attached hydrogen (secondary N) is 2. The number of ether oxygens (including phenoxy) is 2. The second kappa shape index (κ2) is 8.32. The molecular formula is C21H21N3O6. The molecule has 9 nitrogen and oxygen atoms in total. The standard InChI is InChI=1S/C21H21N3O6/c1-5-29-20(27)15-10(2)16(22-11(15)3)18(25)12(4)30-21(28)17-13-8-6-7-9-14(13)19(26)24-23-17/h6-9,12,22H,5H2,1-4H3,(H,24,26)/t12-/m1/s1. The van der Waals surface area contributed by atoms with Gasteiger partial charge in [-0.05, 0) is 39.3 Å². The first kappa shape index (κ1) is 21.0. The summed E-state index contributed by atoms with van der Waals surface area (Å²) in [5.74, 6) is -1.89. The van der Waals surface area contributed by atoms with Crippen LogP contribution in [0.5, 0.6) is 0 Å². The van der Waals surface area contributed by atoms with Gasteiger partial charge >= 0.3 is 11.9 Å². The minimum absolute atomic E-state index is 0.101. The molecule has 0 saturated heterocycles. The van der Waals surface area contributed by atoms with Crippen molar-refractivity contribution < 1.29 is 23.9 Å². The highest BCUT2D eigenvalue weighted by atomic mass is 16.5. The molecule has 1 aromatic carbocycles. The highest BCUT2D eigenvalue weighted by Crippen LogP contribution is 2.22. The first-order valence-electron chi connectivity index (χ1n) is 9.35. The molecule has 0 unspecified atom stereocenters. The van der Waals surface area contributed by atoms with Crippen molar-refractivity contribution in [2.24, 2.45) is 0 Å². The zero-order valence-electron chi connectivity index (χ0n) is 17.0. The fourth-order valence-electron chi connectivity index (χ4n) is 3.25. The lowest BCUT2D eigenvalue weighted by Gasteiger charge is -2.12. The van der Waals surface area contributed by atoms with Gasteiger partial charge in [-0.25, -0.2) is 14.7 Å². The SMILES string of the molecule is CCOC(=O)c1c(C)[nH]c(C(=O)[C@@H](C)OC(=O)c2n[nH]c(=O)c3ccccc23)c1C. The quantitative estimate of drug-likeness (QED) is 0.470. The van der Waals surface area contributed by atoms with Gasteiger partial charge in [0, 0.05) is 11.1 Å². The van der Waals surface area contributed by atoms with E-state index in [-0.39, 0.29) is 28.9 Å². The molecule has 0 aliphatic rings. The fourth-order valence-corrected chi connectivity index (χ4v) is 3.25. The van der Waals surface area contributed by atoms with Crippen molar-refractivity contribution in [3.8, 4) is 0 Å². The monoisotopic (exact) mass is 411 g/mol. The number of hydrogen-bond acceptors (Lipinski definition) is 7. The summed E-state index contributed by atoms with van der Waals surface area (Å²) in [6, 6.07) is 6.46. The number of carbonyl (C=O) groups is 3. The number of hydrogen-bond donors (Lipinski definition) is 2. The predicted octanol–water partition coefficient (Wildman–Crippen LogP) is 2.47. The summed E-state index contributed by atoms with van der Waals surface area (Å²) in [6.45, 7) is 6.60. The van der Waals surface area contributed by atoms with Crippen LogP contribution in [0.4, 0.5) is 0 Å². The molecular weight excluding hydrogens is 390 g/mol. The number of aromatic nitrogens is 3. The van der Waals surface area contributed by atoms with Gasteiger partial charge in [-0.15, -0.1) is 0 Å². The van der Waals surface area contributed by atoms with E-state index in [4.69, 9.17) is 9.47 Å². The fraction of sp³-hybridized carbons (Fsp3) is 0.286. The Morgan fingerprint density at radius 2 is 1.77 bits per heavy atom. The minimum atomic E-state index is -1.16. The van der Waals surface area contributed by atoms with Crippen LogP contribution < -0.4 is 5.56 Å². The van der Waals surface area contributed by atoms with E-state index in [9.17, 15) is 19.2 Å². The second-order valence-electron chi connectivity index (χ2n) is 6.70. The number of aromatic amines is 2. The van der Waals surface area contributed by atoms with Crippen molar-refractivity contribution in [3.05, 3.63) is 62.8 Å². The maximum Gasteiger partial charge on any atom is 0.360 e. The van der Waals surface area contributed by atoms with Crippen LogP contribution in [0.15, 0.2) is 29.1 Å². The molecule has 0 radical (unpaired) electrons. The van der Waals surface area contributed by atoms with Crippen molar-refractivity contribution in [2.45, 2.75) is 33.8 Å². The summed E-state index contributed by atoms with van der Waals surface area (Å²) < 4.78 is 10.3. The molecule has 0 aliphatic carbocycles. The van der Waals surface area contributed by atoms with Crippen molar-refractivity contribution in [2.75, 3.05) is 6.61 Å². The number of Topliss-reactive ketones (excluding diaryl/α,β-unsaturated/α-hetero) is 1. The molecule has 1 atom stereocenters. The summed E-state index contributed by atoms with van der Waals surface area (Å²) in [5, 5.41) is 6.64. The van der Waals surface area contributed by atoms with Crippen LogP contribution in [-0.4, -0.2) is 45.6 Å². The lowest BCUT2D eigenvalue weighted by molar-refractivity contribution is 0.0312. The summed E-state index contributed by atoms with van der Waals surface area (Å²) >= 11 is 0. The first-order valence-corrected chi connectivity index (χ1v) is 9.35. The molecule has 2 aromatic heterocycles. The van der Waals surface area contributed by atoms with E-state index in [1.165, 1.54) is 6.92 Å². The molecule has 156 valence electrons. The average Bonchev–Trinajstić information content (AvgIpc) is 3.02. The van der Waals surface area contributed by atoms with E-state index in [2.05, 4.69) is 15.2 Å². The molecule has 0 spiro atoms. The van der Waals surface area contributed by atoms with Crippen molar-refractivity contribution >= 4 is 28.5 Å². The summed E-state index contributed by atoms with van der Waals surface area (Å²) in [4.78, 5) is 52.4. The summed E-state index contributed by atoms with van der Waals surface area (Å²) in [6.07, 6.45) is -1.16. The first-order chi connectivity index (χ1) is 14.3. The van der Waals surface area contributed by atoms with E-state index in [1.807, 2.05) is 0 Å². The van der Waals surface area contributed by atoms with Gasteiger partial charge in [0.2, 0.25) is 5.78 Å². The Hall–Kier alpha value is -3.75. The van der Waals surface area contributed by atoms with Crippen LogP contribution in [0.2, 0.25) is 0 Å². The molecule has 3 aromatic rings. The topological polar surface area (TPSA) is 131 Å². The Labute approximate surface area is 171 Å². The smallest absolute Gasteiger partial charge is 0.360 e. The zero-order chi connectivity index (χ0) is 22.0. The molecule has 0 bridgehead atoms. The largest absolute Gasteiger partial charge is 0.462 e. The van der Waals surface area contributed by atoms with Gasteiger partial charge < -0.3 is 14.5 Å². The number of rotatable bonds is 6. The van der Waals surface area contributed by atoms with Crippen molar-refractivity contribution in [1.82, 2.24) is 15.2 Å². The van der Waals surface area contributed by atoms with Crippen molar-refractivity contribution in [3.63, 3.8) is 0 Å². The Balaban J connectivity index is 1.86. The van der Waals surface area contributed by atoms with Crippen LogP contribution in [0, 0.1) is 13.8 Å². The van der Waals surface area contributed by atoms with Gasteiger partial charge in [-0.1, -0.05) is 18.2 Å². The van der Waals surface area contributed by atoms with Crippen LogP contribution in [0.1, 0.15) is 56.4 Å². The number of nitrogens with zero attached hydrogens (tertiary/aromatic N) is 1. The van der Waals surface area contributed by atoms with Gasteiger partial charge in [0.25, 0.3) is 5.56 Å². The maximum absolute atomic E-state index is 12.9. The Kier molecular flexibility index (Phi) is 5.81. The molecule has 0 fully saturated rings. The number of ketones is 1. The van der Waals surface area contributed by atoms with E-state index in [0.717, 1.165) is 0 Å². The average molecular weight is 411 g/mol. The van der Waals surface area contributed by atoms with Crippen LogP contribution in [0.3, 0.4) is 0 Å². The van der Waals surface area contributed by atoms with E-state index < -0.39 is 29.4 Å². The van der Waals surface area contributed by atoms with E-state index in [1.54, 1.807) is 45.0 Å². The summed E-state index contributed by atoms with van der Waals surface area (Å²) in [7, 11) is 0. The maximum atomic E-state index is 12.9. The summed E-state index contributed by atoms with van der Waals surface area (Å²) in [5.41, 5.74) is 0.821. The molecule has 30 heavy (non-hydrogen) atoms. The third-order valence-electron chi connectivity index (χ3n) is 4.71. The highest BCUT2D eigenvalue weighted by molar-refractivity contribution is 6.06. The lowest BCUT2D eigenvalue weighted by atomic mass is 10.1. The normalized spacial score (nSPS) is 11.9. The van der Waals surface area contributed by atoms with Gasteiger partial charge in [-0.3, -0.25) is 9.59 Å². The van der Waals surface area contributed by atoms with Gasteiger partial charge in [0.1, 0.15) is 0 Å². The third kappa shape index (κ3) is 3.73. The molecule has 0 aliphatic heterocycles. The van der Waals surface area contributed by atoms with Gasteiger partial charge in [-0.2, -0.15) is 5.10 Å². The zero-order valence-corrected chi connectivity index (χ0v) is 17.0. The van der Waals surface area contributed by atoms with Crippen molar-refractivity contribution in [1.29, 1.82) is 0 Å². The number of benzene rings is 1. The second-order valence-corrected chi connectivity index (χ2v) is 6.70. The molecule has 0 amide bonds. The molecule has 3 rings (SSSR count). The molecule has 9 heteroatoms. The van der Waals surface area contributed by atoms with Crippen LogP contribution >= 0.6 is 0 Å². The number of fused-ring (bicyclic) bond motifs is 1. The number of carbonyl (C=O) groups excluding carboxylic acids is 3. The Morgan fingerprint density at radius 1 is 1.10 bits per heavy atom. The van der Waals surface area contributed by atoms with Crippen LogP contribution in [0.25, 0.3) is 10.8 Å². The lowest BCUT2D eigenvalue weighted by Crippen LogP contribution is -2.26.